The normalized spacial score (nSPS) is 13.6. The minimum atomic E-state index is -3.29. The number of rotatable bonds is 7. The lowest BCUT2D eigenvalue weighted by Crippen LogP contribution is -2.09. The monoisotopic (exact) mass is 442 g/mol. The summed E-state index contributed by atoms with van der Waals surface area (Å²) in [5, 5.41) is 4.03. The van der Waals surface area contributed by atoms with Crippen molar-refractivity contribution in [1.29, 1.82) is 0 Å². The van der Waals surface area contributed by atoms with E-state index in [1.165, 1.54) is 6.26 Å². The van der Waals surface area contributed by atoms with Gasteiger partial charge in [0.15, 0.2) is 9.84 Å². The third kappa shape index (κ3) is 5.12. The fourth-order valence-electron chi connectivity index (χ4n) is 3.66. The van der Waals surface area contributed by atoms with E-state index in [1.54, 1.807) is 36.5 Å². The van der Waals surface area contributed by atoms with E-state index >= 15 is 0 Å². The molecule has 0 aliphatic heterocycles. The van der Waals surface area contributed by atoms with Crippen LogP contribution in [0.4, 0.5) is 0 Å². The molecule has 1 unspecified atom stereocenters. The zero-order chi connectivity index (χ0) is 21.9. The van der Waals surface area contributed by atoms with Crippen molar-refractivity contribution in [3.63, 3.8) is 0 Å². The van der Waals surface area contributed by atoms with Crippen molar-refractivity contribution in [1.82, 2.24) is 4.98 Å². The summed E-state index contributed by atoms with van der Waals surface area (Å²) in [5.74, 6) is -0.160. The van der Waals surface area contributed by atoms with Gasteiger partial charge in [0.25, 0.3) is 0 Å². The largest absolute Gasteiger partial charge is 0.262 e. The van der Waals surface area contributed by atoms with Gasteiger partial charge in [0.05, 0.1) is 4.90 Å². The maximum absolute atomic E-state index is 11.8. The van der Waals surface area contributed by atoms with Gasteiger partial charge in [-0.25, -0.2) is 8.42 Å². The first-order chi connectivity index (χ1) is 14.2. The van der Waals surface area contributed by atoms with Crippen LogP contribution in [0, 0.1) is 18.8 Å². The SMILES string of the molecule is Cc1cc(C(C[C@H](c2ccc(S(C)(=O)=O)cc2)c2ccc(Cl)cc2C)N=O)ccn1. The molecule has 0 spiro atoms. The number of nitrogens with zero attached hydrogens (tertiary/aromatic N) is 2. The van der Waals surface area contributed by atoms with Crippen molar-refractivity contribution in [2.45, 2.75) is 37.1 Å². The molecular weight excluding hydrogens is 420 g/mol. The molecule has 30 heavy (non-hydrogen) atoms. The van der Waals surface area contributed by atoms with Gasteiger partial charge in [-0.15, -0.1) is 0 Å². The van der Waals surface area contributed by atoms with Crippen LogP contribution < -0.4 is 0 Å². The molecule has 0 aliphatic carbocycles. The molecule has 0 fully saturated rings. The Hall–Kier alpha value is -2.57. The molecule has 0 bridgehead atoms. The Labute approximate surface area is 182 Å². The van der Waals surface area contributed by atoms with E-state index in [2.05, 4.69) is 10.2 Å². The zero-order valence-corrected chi connectivity index (χ0v) is 18.6. The molecule has 0 amide bonds. The molecule has 0 N–H and O–H groups in total. The van der Waals surface area contributed by atoms with Gasteiger partial charge in [0.2, 0.25) is 0 Å². The Balaban J connectivity index is 2.06. The van der Waals surface area contributed by atoms with Gasteiger partial charge in [0, 0.05) is 29.1 Å². The summed E-state index contributed by atoms with van der Waals surface area (Å²) < 4.78 is 23.7. The number of aromatic nitrogens is 1. The van der Waals surface area contributed by atoms with Gasteiger partial charge >= 0.3 is 0 Å². The van der Waals surface area contributed by atoms with Crippen LogP contribution in [0.15, 0.2) is 70.9 Å². The summed E-state index contributed by atoms with van der Waals surface area (Å²) in [4.78, 5) is 16.2. The summed E-state index contributed by atoms with van der Waals surface area (Å²) in [7, 11) is -3.29. The molecule has 5 nitrogen and oxygen atoms in total. The van der Waals surface area contributed by atoms with Crippen LogP contribution in [-0.2, 0) is 9.84 Å². The van der Waals surface area contributed by atoms with Gasteiger partial charge in [-0.1, -0.05) is 35.0 Å². The highest BCUT2D eigenvalue weighted by atomic mass is 35.5. The first-order valence-electron chi connectivity index (χ1n) is 9.50. The fourth-order valence-corrected chi connectivity index (χ4v) is 4.52. The highest BCUT2D eigenvalue weighted by molar-refractivity contribution is 7.90. The van der Waals surface area contributed by atoms with Crippen molar-refractivity contribution >= 4 is 21.4 Å². The first kappa shape index (κ1) is 22.1. The lowest BCUT2D eigenvalue weighted by Gasteiger charge is -2.23. The summed E-state index contributed by atoms with van der Waals surface area (Å²) in [6.07, 6.45) is 3.29. The van der Waals surface area contributed by atoms with E-state index < -0.39 is 15.9 Å². The zero-order valence-electron chi connectivity index (χ0n) is 17.0. The van der Waals surface area contributed by atoms with Gasteiger partial charge in [-0.2, -0.15) is 4.91 Å². The molecule has 0 radical (unpaired) electrons. The maximum atomic E-state index is 11.8. The van der Waals surface area contributed by atoms with E-state index in [0.29, 0.717) is 11.4 Å². The summed E-state index contributed by atoms with van der Waals surface area (Å²) in [6, 6.07) is 15.6. The van der Waals surface area contributed by atoms with Crippen LogP contribution >= 0.6 is 11.6 Å². The molecule has 2 atom stereocenters. The fraction of sp³-hybridized carbons (Fsp3) is 0.261. The van der Waals surface area contributed by atoms with E-state index in [9.17, 15) is 13.3 Å². The summed E-state index contributed by atoms with van der Waals surface area (Å²) in [5.41, 5.74) is 4.55. The average Bonchev–Trinajstić information content (AvgIpc) is 2.69. The predicted molar refractivity (Wildman–Crippen MR) is 120 cm³/mol. The molecule has 7 heteroatoms. The average molecular weight is 443 g/mol. The molecule has 1 heterocycles. The van der Waals surface area contributed by atoms with Crippen LogP contribution in [0.25, 0.3) is 0 Å². The Morgan fingerprint density at radius 3 is 2.27 bits per heavy atom. The third-order valence-corrected chi connectivity index (χ3v) is 6.57. The minimum Gasteiger partial charge on any atom is -0.262 e. The number of halogens is 1. The Bertz CT molecular complexity index is 1160. The Morgan fingerprint density at radius 2 is 1.70 bits per heavy atom. The Kier molecular flexibility index (Phi) is 6.68. The van der Waals surface area contributed by atoms with Gasteiger partial charge in [-0.05, 0) is 78.9 Å². The molecule has 1 aromatic heterocycles. The van der Waals surface area contributed by atoms with Crippen molar-refractivity contribution in [3.05, 3.63) is 98.7 Å². The smallest absolute Gasteiger partial charge is 0.175 e. The second-order valence-electron chi connectivity index (χ2n) is 7.48. The lowest BCUT2D eigenvalue weighted by atomic mass is 9.82. The highest BCUT2D eigenvalue weighted by Crippen LogP contribution is 2.38. The topological polar surface area (TPSA) is 76.5 Å². The summed E-state index contributed by atoms with van der Waals surface area (Å²) in [6.45, 7) is 3.84. The number of benzene rings is 2. The Morgan fingerprint density at radius 1 is 1.00 bits per heavy atom. The van der Waals surface area contributed by atoms with Crippen molar-refractivity contribution in [2.24, 2.45) is 5.18 Å². The maximum Gasteiger partial charge on any atom is 0.175 e. The van der Waals surface area contributed by atoms with Crippen LogP contribution in [0.1, 0.15) is 46.3 Å². The second-order valence-corrected chi connectivity index (χ2v) is 9.93. The highest BCUT2D eigenvalue weighted by Gasteiger charge is 2.24. The number of sulfone groups is 1. The molecule has 0 saturated carbocycles. The van der Waals surface area contributed by atoms with Gasteiger partial charge < -0.3 is 0 Å². The number of pyridine rings is 1. The second kappa shape index (κ2) is 9.06. The third-order valence-electron chi connectivity index (χ3n) is 5.21. The number of hydrogen-bond acceptors (Lipinski definition) is 5. The van der Waals surface area contributed by atoms with E-state index in [-0.39, 0.29) is 10.8 Å². The van der Waals surface area contributed by atoms with Gasteiger partial charge in [0.1, 0.15) is 6.04 Å². The molecule has 0 aliphatic rings. The van der Waals surface area contributed by atoms with Crippen LogP contribution in [0.5, 0.6) is 0 Å². The van der Waals surface area contributed by atoms with E-state index in [1.807, 2.05) is 38.1 Å². The standard InChI is InChI=1S/C23H23ClN2O3S/c1-15-12-19(24)6-9-21(15)22(17-4-7-20(8-5-17)30(3,28)29)14-23(26-27)18-10-11-25-16(2)13-18/h4-13,22-23H,14H2,1-3H3/t22-,23?/m1/s1. The molecule has 156 valence electrons. The molecule has 3 aromatic rings. The molecular formula is C23H23ClN2O3S. The lowest BCUT2D eigenvalue weighted by molar-refractivity contribution is 0.590. The summed E-state index contributed by atoms with van der Waals surface area (Å²) >= 11 is 6.14. The van der Waals surface area contributed by atoms with Crippen molar-refractivity contribution in [3.8, 4) is 0 Å². The first-order valence-corrected chi connectivity index (χ1v) is 11.8. The van der Waals surface area contributed by atoms with E-state index in [0.717, 1.165) is 27.9 Å². The minimum absolute atomic E-state index is 0.160. The van der Waals surface area contributed by atoms with Crippen molar-refractivity contribution in [2.75, 3.05) is 6.26 Å². The van der Waals surface area contributed by atoms with Crippen molar-refractivity contribution < 1.29 is 8.42 Å². The predicted octanol–water partition coefficient (Wildman–Crippen LogP) is 5.79. The molecule has 3 rings (SSSR count). The van der Waals surface area contributed by atoms with E-state index in [4.69, 9.17) is 11.6 Å². The van der Waals surface area contributed by atoms with Crippen LogP contribution in [-0.4, -0.2) is 19.7 Å². The number of hydrogen-bond donors (Lipinski definition) is 0. The molecule has 0 saturated heterocycles. The molecule has 2 aromatic carbocycles. The number of aryl methyl sites for hydroxylation is 2. The quantitative estimate of drug-likeness (QED) is 0.434. The number of nitroso groups, excluding NO2 is 1. The van der Waals surface area contributed by atoms with Crippen LogP contribution in [0.2, 0.25) is 5.02 Å². The van der Waals surface area contributed by atoms with Gasteiger partial charge in [-0.3, -0.25) is 4.98 Å². The van der Waals surface area contributed by atoms with Crippen LogP contribution in [0.3, 0.4) is 0 Å².